The van der Waals surface area contributed by atoms with Gasteiger partial charge < -0.3 is 14.7 Å². The van der Waals surface area contributed by atoms with Gasteiger partial charge in [-0.2, -0.15) is 0 Å². The van der Waals surface area contributed by atoms with Crippen LogP contribution in [0.15, 0.2) is 0 Å². The summed E-state index contributed by atoms with van der Waals surface area (Å²) in [5.74, 6) is 0.140. The maximum atomic E-state index is 11.8. The fraction of sp³-hybridized carbons (Fsp3) is 0.818. The maximum absolute atomic E-state index is 11.8. The van der Waals surface area contributed by atoms with Gasteiger partial charge in [0.2, 0.25) is 11.8 Å². The number of carbonyl (C=O) groups is 2. The Kier molecular flexibility index (Phi) is 4.29. The number of amides is 2. The number of carbonyl (C=O) groups excluding carboxylic acids is 2. The lowest BCUT2D eigenvalue weighted by atomic mass is 10.1. The van der Waals surface area contributed by atoms with E-state index in [-0.39, 0.29) is 24.4 Å². The smallest absolute Gasteiger partial charge is 0.246 e. The van der Waals surface area contributed by atoms with E-state index in [1.807, 2.05) is 20.9 Å². The van der Waals surface area contributed by atoms with Crippen molar-refractivity contribution in [2.24, 2.45) is 0 Å². The summed E-state index contributed by atoms with van der Waals surface area (Å²) in [6.07, 6.45) is 0. The summed E-state index contributed by atoms with van der Waals surface area (Å²) in [6, 6.07) is -0.250. The summed E-state index contributed by atoms with van der Waals surface area (Å²) < 4.78 is 0. The van der Waals surface area contributed by atoms with E-state index in [0.29, 0.717) is 13.1 Å². The molecule has 0 bridgehead atoms. The lowest BCUT2D eigenvalue weighted by Crippen LogP contribution is -2.65. The number of rotatable bonds is 0. The predicted molar refractivity (Wildman–Crippen MR) is 62.0 cm³/mol. The van der Waals surface area contributed by atoms with Crippen LogP contribution in [0.3, 0.4) is 0 Å². The summed E-state index contributed by atoms with van der Waals surface area (Å²) >= 11 is 0. The number of hydrogen-bond acceptors (Lipinski definition) is 3. The van der Waals surface area contributed by atoms with Gasteiger partial charge in [0, 0.05) is 26.7 Å². The SMILES string of the molecule is CC.CN1CCN2C(=O)CN(C)C(=O)C2C1. The maximum Gasteiger partial charge on any atom is 0.246 e. The summed E-state index contributed by atoms with van der Waals surface area (Å²) in [4.78, 5) is 28.7. The Morgan fingerprint density at radius 3 is 2.38 bits per heavy atom. The highest BCUT2D eigenvalue weighted by Gasteiger charge is 2.40. The lowest BCUT2D eigenvalue weighted by Gasteiger charge is -2.44. The molecule has 2 aliphatic heterocycles. The van der Waals surface area contributed by atoms with Crippen LogP contribution in [-0.2, 0) is 9.59 Å². The van der Waals surface area contributed by atoms with Gasteiger partial charge in [-0.15, -0.1) is 0 Å². The number of nitrogens with zero attached hydrogens (tertiary/aromatic N) is 3. The molecule has 0 spiro atoms. The van der Waals surface area contributed by atoms with Crippen molar-refractivity contribution in [3.05, 3.63) is 0 Å². The zero-order valence-electron chi connectivity index (χ0n) is 10.6. The fourth-order valence-corrected chi connectivity index (χ4v) is 2.06. The van der Waals surface area contributed by atoms with Crippen molar-refractivity contribution in [2.75, 3.05) is 40.3 Å². The van der Waals surface area contributed by atoms with Gasteiger partial charge in [0.1, 0.15) is 6.04 Å². The highest BCUT2D eigenvalue weighted by Crippen LogP contribution is 2.15. The molecule has 1 atom stereocenters. The van der Waals surface area contributed by atoms with Crippen molar-refractivity contribution in [1.29, 1.82) is 0 Å². The van der Waals surface area contributed by atoms with Crippen LogP contribution in [-0.4, -0.2) is 72.8 Å². The van der Waals surface area contributed by atoms with Gasteiger partial charge in [-0.05, 0) is 7.05 Å². The summed E-state index contributed by atoms with van der Waals surface area (Å²) in [6.45, 7) is 6.44. The first kappa shape index (κ1) is 13.0. The van der Waals surface area contributed by atoms with Crippen LogP contribution in [0.2, 0.25) is 0 Å². The summed E-state index contributed by atoms with van der Waals surface area (Å²) in [5, 5.41) is 0. The Balaban J connectivity index is 0.000000606. The minimum absolute atomic E-state index is 0.0659. The Morgan fingerprint density at radius 2 is 1.75 bits per heavy atom. The van der Waals surface area contributed by atoms with E-state index in [4.69, 9.17) is 0 Å². The van der Waals surface area contributed by atoms with Crippen LogP contribution in [0.25, 0.3) is 0 Å². The number of likely N-dealkylation sites (N-methyl/N-ethyl adjacent to an activating group) is 2. The zero-order valence-corrected chi connectivity index (χ0v) is 10.6. The van der Waals surface area contributed by atoms with E-state index >= 15 is 0 Å². The van der Waals surface area contributed by atoms with Gasteiger partial charge in [0.15, 0.2) is 0 Å². The molecule has 16 heavy (non-hydrogen) atoms. The Hall–Kier alpha value is -1.10. The third-order valence-corrected chi connectivity index (χ3v) is 2.94. The molecule has 0 N–H and O–H groups in total. The molecule has 2 amide bonds. The van der Waals surface area contributed by atoms with Gasteiger partial charge in [0.25, 0.3) is 0 Å². The molecule has 5 nitrogen and oxygen atoms in total. The molecule has 1 unspecified atom stereocenters. The van der Waals surface area contributed by atoms with Crippen molar-refractivity contribution in [3.8, 4) is 0 Å². The average molecular weight is 227 g/mol. The van der Waals surface area contributed by atoms with Crippen molar-refractivity contribution in [2.45, 2.75) is 19.9 Å². The number of fused-ring (bicyclic) bond motifs is 1. The molecule has 2 fully saturated rings. The third kappa shape index (κ3) is 2.35. The van der Waals surface area contributed by atoms with Gasteiger partial charge in [-0.25, -0.2) is 0 Å². The molecular weight excluding hydrogens is 206 g/mol. The molecule has 5 heteroatoms. The summed E-state index contributed by atoms with van der Waals surface area (Å²) in [5.41, 5.74) is 0. The van der Waals surface area contributed by atoms with Crippen LogP contribution in [0.1, 0.15) is 13.8 Å². The first-order chi connectivity index (χ1) is 7.59. The minimum Gasteiger partial charge on any atom is -0.335 e. The topological polar surface area (TPSA) is 43.9 Å². The molecule has 0 radical (unpaired) electrons. The minimum atomic E-state index is -0.250. The molecule has 0 aromatic rings. The molecule has 0 aromatic heterocycles. The molecule has 0 saturated carbocycles. The zero-order chi connectivity index (χ0) is 12.3. The van der Waals surface area contributed by atoms with E-state index in [2.05, 4.69) is 4.90 Å². The van der Waals surface area contributed by atoms with Crippen molar-refractivity contribution in [3.63, 3.8) is 0 Å². The van der Waals surface area contributed by atoms with E-state index in [9.17, 15) is 9.59 Å². The van der Waals surface area contributed by atoms with Gasteiger partial charge in [0.05, 0.1) is 6.54 Å². The second-order valence-electron chi connectivity index (χ2n) is 4.06. The van der Waals surface area contributed by atoms with E-state index in [1.54, 1.807) is 11.9 Å². The quantitative estimate of drug-likeness (QED) is 0.567. The van der Waals surface area contributed by atoms with Crippen molar-refractivity contribution < 1.29 is 9.59 Å². The third-order valence-electron chi connectivity index (χ3n) is 2.94. The Morgan fingerprint density at radius 1 is 1.12 bits per heavy atom. The second-order valence-corrected chi connectivity index (χ2v) is 4.06. The molecule has 0 aromatic carbocycles. The van der Waals surface area contributed by atoms with Crippen LogP contribution in [0, 0.1) is 0 Å². The van der Waals surface area contributed by atoms with E-state index in [1.165, 1.54) is 4.90 Å². The average Bonchev–Trinajstić information content (AvgIpc) is 2.28. The second kappa shape index (κ2) is 5.30. The van der Waals surface area contributed by atoms with Crippen molar-refractivity contribution >= 4 is 11.8 Å². The highest BCUT2D eigenvalue weighted by atomic mass is 16.2. The normalized spacial score (nSPS) is 26.1. The van der Waals surface area contributed by atoms with Crippen LogP contribution < -0.4 is 0 Å². The first-order valence-electron chi connectivity index (χ1n) is 5.82. The van der Waals surface area contributed by atoms with Crippen LogP contribution in [0.5, 0.6) is 0 Å². The molecule has 0 aliphatic carbocycles. The molecule has 92 valence electrons. The van der Waals surface area contributed by atoms with Crippen LogP contribution >= 0.6 is 0 Å². The first-order valence-corrected chi connectivity index (χ1v) is 5.82. The largest absolute Gasteiger partial charge is 0.335 e. The molecule has 2 heterocycles. The summed E-state index contributed by atoms with van der Waals surface area (Å²) in [7, 11) is 3.66. The van der Waals surface area contributed by atoms with Gasteiger partial charge in [-0.3, -0.25) is 9.59 Å². The Labute approximate surface area is 97.0 Å². The molecule has 2 aliphatic rings. The van der Waals surface area contributed by atoms with Gasteiger partial charge >= 0.3 is 0 Å². The fourth-order valence-electron chi connectivity index (χ4n) is 2.06. The molecular formula is C11H21N3O2. The predicted octanol–water partition coefficient (Wildman–Crippen LogP) is -0.373. The van der Waals surface area contributed by atoms with Crippen molar-refractivity contribution in [1.82, 2.24) is 14.7 Å². The highest BCUT2D eigenvalue weighted by molar-refractivity contribution is 5.95. The number of hydrogen-bond donors (Lipinski definition) is 0. The van der Waals surface area contributed by atoms with E-state index < -0.39 is 0 Å². The standard InChI is InChI=1S/C9H15N3O2.C2H6/c1-10-3-4-12-7(5-10)9(14)11(2)6-8(12)13;1-2/h7H,3-6H2,1-2H3;1-2H3. The van der Waals surface area contributed by atoms with Gasteiger partial charge in [-0.1, -0.05) is 13.8 Å². The van der Waals surface area contributed by atoms with E-state index in [0.717, 1.165) is 6.54 Å². The Bertz CT molecular complexity index is 280. The molecule has 2 saturated heterocycles. The lowest BCUT2D eigenvalue weighted by molar-refractivity contribution is -0.157. The number of piperazine rings is 2. The monoisotopic (exact) mass is 227 g/mol. The molecule has 2 rings (SSSR count). The van der Waals surface area contributed by atoms with Crippen LogP contribution in [0.4, 0.5) is 0 Å².